The lowest BCUT2D eigenvalue weighted by Crippen LogP contribution is -1.91. The molecule has 0 unspecified atom stereocenters. The second kappa shape index (κ2) is 4.75. The first kappa shape index (κ1) is 11.2. The summed E-state index contributed by atoms with van der Waals surface area (Å²) in [6, 6.07) is 14.0. The van der Waals surface area contributed by atoms with Crippen molar-refractivity contribution in [3.8, 4) is 0 Å². The molecule has 0 saturated heterocycles. The Morgan fingerprint density at radius 1 is 1.00 bits per heavy atom. The Kier molecular flexibility index (Phi) is 2.95. The van der Waals surface area contributed by atoms with E-state index in [0.29, 0.717) is 5.02 Å². The van der Waals surface area contributed by atoms with E-state index in [-0.39, 0.29) is 0 Å². The van der Waals surface area contributed by atoms with Crippen molar-refractivity contribution in [2.24, 2.45) is 0 Å². The predicted molar refractivity (Wildman–Crippen MR) is 73.5 cm³/mol. The zero-order valence-electron chi connectivity index (χ0n) is 9.55. The Morgan fingerprint density at radius 3 is 2.78 bits per heavy atom. The van der Waals surface area contributed by atoms with Gasteiger partial charge in [0.15, 0.2) is 0 Å². The van der Waals surface area contributed by atoms with E-state index in [1.54, 1.807) is 12.4 Å². The standard InChI is InChI=1S/C15H10ClN2/c16-13-7-11(9-17-10-13)8-14-6-5-12-3-1-2-4-15(12)18-14/h1-10H. The molecule has 0 bridgehead atoms. The maximum atomic E-state index is 5.90. The predicted octanol–water partition coefficient (Wildman–Crippen LogP) is 3.88. The van der Waals surface area contributed by atoms with Crippen LogP contribution in [0.2, 0.25) is 5.02 Å². The fourth-order valence-electron chi connectivity index (χ4n) is 1.84. The van der Waals surface area contributed by atoms with Gasteiger partial charge in [0.05, 0.1) is 10.5 Å². The average molecular weight is 254 g/mol. The van der Waals surface area contributed by atoms with Crippen LogP contribution in [-0.2, 0) is 0 Å². The zero-order chi connectivity index (χ0) is 12.4. The minimum atomic E-state index is 0.629. The highest BCUT2D eigenvalue weighted by Crippen LogP contribution is 2.17. The van der Waals surface area contributed by atoms with Crippen LogP contribution in [0.15, 0.2) is 54.9 Å². The highest BCUT2D eigenvalue weighted by atomic mass is 35.5. The molecule has 1 radical (unpaired) electrons. The number of aromatic nitrogens is 2. The normalized spacial score (nSPS) is 10.7. The summed E-state index contributed by atoms with van der Waals surface area (Å²) in [5, 5.41) is 1.77. The van der Waals surface area contributed by atoms with Gasteiger partial charge in [0.1, 0.15) is 0 Å². The van der Waals surface area contributed by atoms with Crippen LogP contribution >= 0.6 is 11.6 Å². The summed E-state index contributed by atoms with van der Waals surface area (Å²) in [6.07, 6.45) is 5.35. The molecule has 0 aliphatic rings. The van der Waals surface area contributed by atoms with Gasteiger partial charge in [-0.3, -0.25) is 9.97 Å². The van der Waals surface area contributed by atoms with Gasteiger partial charge in [-0.2, -0.15) is 0 Å². The number of rotatable bonds is 2. The molecule has 87 valence electrons. The molecule has 0 aliphatic carbocycles. The van der Waals surface area contributed by atoms with Crippen LogP contribution in [0.25, 0.3) is 10.9 Å². The zero-order valence-corrected chi connectivity index (χ0v) is 10.3. The molecule has 18 heavy (non-hydrogen) atoms. The fourth-order valence-corrected chi connectivity index (χ4v) is 2.02. The Labute approximate surface area is 110 Å². The van der Waals surface area contributed by atoms with Crippen molar-refractivity contribution >= 4 is 22.5 Å². The smallest absolute Gasteiger partial charge is 0.0705 e. The molecule has 3 aromatic rings. The highest BCUT2D eigenvalue weighted by molar-refractivity contribution is 6.30. The van der Waals surface area contributed by atoms with Gasteiger partial charge in [-0.15, -0.1) is 0 Å². The quantitative estimate of drug-likeness (QED) is 0.693. The first-order chi connectivity index (χ1) is 8.81. The SMILES string of the molecule is Clc1cncc([CH]c2ccc3ccccc3n2)c1. The number of pyridine rings is 2. The molecule has 2 nitrogen and oxygen atoms in total. The molecular weight excluding hydrogens is 244 g/mol. The van der Waals surface area contributed by atoms with E-state index >= 15 is 0 Å². The van der Waals surface area contributed by atoms with Gasteiger partial charge in [-0.1, -0.05) is 35.9 Å². The molecule has 2 aromatic heterocycles. The molecule has 0 N–H and O–H groups in total. The maximum Gasteiger partial charge on any atom is 0.0705 e. The van der Waals surface area contributed by atoms with Crippen molar-refractivity contribution in [1.29, 1.82) is 0 Å². The van der Waals surface area contributed by atoms with E-state index < -0.39 is 0 Å². The molecule has 0 spiro atoms. The van der Waals surface area contributed by atoms with E-state index in [1.807, 2.05) is 42.8 Å². The largest absolute Gasteiger partial charge is 0.263 e. The van der Waals surface area contributed by atoms with E-state index in [0.717, 1.165) is 22.2 Å². The van der Waals surface area contributed by atoms with Crippen molar-refractivity contribution < 1.29 is 0 Å². The van der Waals surface area contributed by atoms with Gasteiger partial charge in [0.25, 0.3) is 0 Å². The van der Waals surface area contributed by atoms with Crippen LogP contribution in [0.1, 0.15) is 11.3 Å². The third kappa shape index (κ3) is 2.34. The summed E-state index contributed by atoms with van der Waals surface area (Å²) < 4.78 is 0. The summed E-state index contributed by atoms with van der Waals surface area (Å²) in [5.74, 6) is 0. The number of hydrogen-bond acceptors (Lipinski definition) is 2. The number of para-hydroxylation sites is 1. The Hall–Kier alpha value is -1.93. The lowest BCUT2D eigenvalue weighted by atomic mass is 10.1. The Morgan fingerprint density at radius 2 is 1.89 bits per heavy atom. The molecule has 1 aromatic carbocycles. The maximum absolute atomic E-state index is 5.90. The topological polar surface area (TPSA) is 25.8 Å². The third-order valence-electron chi connectivity index (χ3n) is 2.66. The van der Waals surface area contributed by atoms with Gasteiger partial charge in [0, 0.05) is 29.9 Å². The van der Waals surface area contributed by atoms with E-state index in [2.05, 4.69) is 16.0 Å². The van der Waals surface area contributed by atoms with Gasteiger partial charge < -0.3 is 0 Å². The minimum Gasteiger partial charge on any atom is -0.263 e. The van der Waals surface area contributed by atoms with Gasteiger partial charge in [0.2, 0.25) is 0 Å². The first-order valence-corrected chi connectivity index (χ1v) is 6.00. The molecule has 0 atom stereocenters. The van der Waals surface area contributed by atoms with E-state index in [1.165, 1.54) is 0 Å². The monoisotopic (exact) mass is 253 g/mol. The van der Waals surface area contributed by atoms with E-state index in [9.17, 15) is 0 Å². The average Bonchev–Trinajstić information content (AvgIpc) is 2.39. The van der Waals surface area contributed by atoms with Crippen molar-refractivity contribution in [3.63, 3.8) is 0 Å². The molecule has 0 fully saturated rings. The van der Waals surface area contributed by atoms with Crippen LogP contribution in [0.3, 0.4) is 0 Å². The van der Waals surface area contributed by atoms with Crippen LogP contribution in [-0.4, -0.2) is 9.97 Å². The molecule has 0 amide bonds. The number of nitrogens with zero attached hydrogens (tertiary/aromatic N) is 2. The van der Waals surface area contributed by atoms with Crippen molar-refractivity contribution in [1.82, 2.24) is 9.97 Å². The molecule has 3 heteroatoms. The highest BCUT2D eigenvalue weighted by Gasteiger charge is 2.01. The van der Waals surface area contributed by atoms with Crippen molar-refractivity contribution in [2.45, 2.75) is 0 Å². The minimum absolute atomic E-state index is 0.629. The fraction of sp³-hybridized carbons (Fsp3) is 0. The van der Waals surface area contributed by atoms with Crippen LogP contribution < -0.4 is 0 Å². The van der Waals surface area contributed by atoms with Gasteiger partial charge in [-0.05, 0) is 23.8 Å². The number of benzene rings is 1. The lowest BCUT2D eigenvalue weighted by Gasteiger charge is -2.03. The summed E-state index contributed by atoms with van der Waals surface area (Å²) >= 11 is 5.90. The number of halogens is 1. The van der Waals surface area contributed by atoms with Crippen LogP contribution in [0.4, 0.5) is 0 Å². The molecule has 0 aliphatic heterocycles. The summed E-state index contributed by atoms with van der Waals surface area (Å²) in [6.45, 7) is 0. The summed E-state index contributed by atoms with van der Waals surface area (Å²) in [7, 11) is 0. The van der Waals surface area contributed by atoms with Crippen molar-refractivity contribution in [2.75, 3.05) is 0 Å². The Balaban J connectivity index is 1.95. The van der Waals surface area contributed by atoms with Crippen LogP contribution in [0.5, 0.6) is 0 Å². The van der Waals surface area contributed by atoms with E-state index in [4.69, 9.17) is 11.6 Å². The summed E-state index contributed by atoms with van der Waals surface area (Å²) in [4.78, 5) is 8.63. The third-order valence-corrected chi connectivity index (χ3v) is 2.87. The second-order valence-corrected chi connectivity index (χ2v) is 4.45. The molecule has 3 rings (SSSR count). The number of hydrogen-bond donors (Lipinski definition) is 0. The molecule has 2 heterocycles. The lowest BCUT2D eigenvalue weighted by molar-refractivity contribution is 1.23. The Bertz CT molecular complexity index is 695. The second-order valence-electron chi connectivity index (χ2n) is 4.01. The van der Waals surface area contributed by atoms with Gasteiger partial charge >= 0.3 is 0 Å². The summed E-state index contributed by atoms with van der Waals surface area (Å²) in [5.41, 5.74) is 2.84. The molecular formula is C15H10ClN2. The number of fused-ring (bicyclic) bond motifs is 1. The molecule has 0 saturated carbocycles. The van der Waals surface area contributed by atoms with Gasteiger partial charge in [-0.25, -0.2) is 0 Å². The first-order valence-electron chi connectivity index (χ1n) is 5.62. The van der Waals surface area contributed by atoms with Crippen LogP contribution in [0, 0.1) is 6.42 Å². The van der Waals surface area contributed by atoms with Crippen molar-refractivity contribution in [3.05, 3.63) is 77.6 Å².